The normalized spacial score (nSPS) is 12.4. The van der Waals surface area contributed by atoms with Crippen LogP contribution in [0.4, 0.5) is 0 Å². The molecule has 0 aromatic carbocycles. The summed E-state index contributed by atoms with van der Waals surface area (Å²) in [5.74, 6) is -0.943. The fourth-order valence-corrected chi connectivity index (χ4v) is 1.46. The number of carbonyl (C=O) groups is 1. The van der Waals surface area contributed by atoms with Gasteiger partial charge >= 0.3 is 5.97 Å². The molecule has 1 aromatic heterocycles. The monoisotopic (exact) mass is 243 g/mol. The molecule has 1 atom stereocenters. The van der Waals surface area contributed by atoms with Crippen LogP contribution in [0.25, 0.3) is 0 Å². The van der Waals surface area contributed by atoms with Gasteiger partial charge in [0.15, 0.2) is 6.10 Å². The molecule has 0 amide bonds. The molecule has 4 nitrogen and oxygen atoms in total. The highest BCUT2D eigenvalue weighted by atomic mass is 35.5. The third-order valence-electron chi connectivity index (χ3n) is 2.25. The fourth-order valence-electron chi connectivity index (χ4n) is 1.27. The van der Waals surface area contributed by atoms with E-state index in [9.17, 15) is 4.79 Å². The van der Waals surface area contributed by atoms with Crippen molar-refractivity contribution in [2.45, 2.75) is 33.0 Å². The molecule has 0 spiro atoms. The van der Waals surface area contributed by atoms with E-state index in [0.717, 1.165) is 11.3 Å². The summed E-state index contributed by atoms with van der Waals surface area (Å²) >= 11 is 5.71. The number of halogens is 1. The number of aliphatic carboxylic acids is 1. The molecule has 5 heteroatoms. The van der Waals surface area contributed by atoms with Crippen LogP contribution >= 0.6 is 11.6 Å². The average Bonchev–Trinajstić information content (AvgIpc) is 2.21. The Morgan fingerprint density at radius 3 is 2.81 bits per heavy atom. The fraction of sp³-hybridized carbons (Fsp3) is 0.455. The summed E-state index contributed by atoms with van der Waals surface area (Å²) in [6, 6.07) is 3.45. The van der Waals surface area contributed by atoms with Crippen molar-refractivity contribution in [3.63, 3.8) is 0 Å². The van der Waals surface area contributed by atoms with Gasteiger partial charge in [0.25, 0.3) is 0 Å². The lowest BCUT2D eigenvalue weighted by Gasteiger charge is -2.12. The van der Waals surface area contributed by atoms with Gasteiger partial charge in [-0.3, -0.25) is 0 Å². The van der Waals surface area contributed by atoms with Gasteiger partial charge in [-0.05, 0) is 25.0 Å². The minimum atomic E-state index is -0.943. The Morgan fingerprint density at radius 1 is 1.62 bits per heavy atom. The predicted octanol–water partition coefficient (Wildman–Crippen LogP) is 2.42. The van der Waals surface area contributed by atoms with E-state index in [-0.39, 0.29) is 6.61 Å². The lowest BCUT2D eigenvalue weighted by atomic mass is 10.2. The molecule has 88 valence electrons. The second-order valence-corrected chi connectivity index (χ2v) is 3.81. The Morgan fingerprint density at radius 2 is 2.31 bits per heavy atom. The molecule has 0 radical (unpaired) electrons. The molecule has 16 heavy (non-hydrogen) atoms. The van der Waals surface area contributed by atoms with Crippen LogP contribution in [0.1, 0.15) is 24.6 Å². The molecule has 0 fully saturated rings. The number of rotatable bonds is 5. The minimum Gasteiger partial charge on any atom is -0.479 e. The first-order valence-electron chi connectivity index (χ1n) is 5.01. The summed E-state index contributed by atoms with van der Waals surface area (Å²) in [5, 5.41) is 9.23. The van der Waals surface area contributed by atoms with E-state index in [1.165, 1.54) is 0 Å². The Balaban J connectivity index is 2.63. The Kier molecular flexibility index (Phi) is 4.71. The summed E-state index contributed by atoms with van der Waals surface area (Å²) in [6.45, 7) is 3.82. The summed E-state index contributed by atoms with van der Waals surface area (Å²) in [5.41, 5.74) is 1.61. The van der Waals surface area contributed by atoms with Crippen molar-refractivity contribution < 1.29 is 14.6 Å². The first kappa shape index (κ1) is 12.9. The Hall–Kier alpha value is -1.13. The molecule has 0 aliphatic carbocycles. The van der Waals surface area contributed by atoms with Crippen molar-refractivity contribution in [2.24, 2.45) is 0 Å². The molecule has 0 aliphatic heterocycles. The molecule has 1 unspecified atom stereocenters. The standard InChI is InChI=1S/C11H14ClNO3/c1-3-9(11(14)15)16-6-8-4-5-10(12)13-7(8)2/h4-5,9H,3,6H2,1-2H3,(H,14,15). The van der Waals surface area contributed by atoms with E-state index < -0.39 is 12.1 Å². The highest BCUT2D eigenvalue weighted by molar-refractivity contribution is 6.29. The second-order valence-electron chi connectivity index (χ2n) is 3.42. The second kappa shape index (κ2) is 5.82. The molecule has 0 bridgehead atoms. The van der Waals surface area contributed by atoms with Gasteiger partial charge in [0.2, 0.25) is 0 Å². The first-order valence-corrected chi connectivity index (χ1v) is 5.38. The maximum absolute atomic E-state index is 10.7. The molecular formula is C11H14ClNO3. The summed E-state index contributed by atoms with van der Waals surface area (Å²) in [6.07, 6.45) is -0.329. The van der Waals surface area contributed by atoms with E-state index in [1.54, 1.807) is 19.1 Å². The van der Waals surface area contributed by atoms with Crippen molar-refractivity contribution in [3.8, 4) is 0 Å². The Labute approximate surface area is 99.2 Å². The van der Waals surface area contributed by atoms with Crippen LogP contribution in [0.3, 0.4) is 0 Å². The van der Waals surface area contributed by atoms with E-state index in [2.05, 4.69) is 4.98 Å². The SMILES string of the molecule is CCC(OCc1ccc(Cl)nc1C)C(=O)O. The third kappa shape index (κ3) is 3.47. The van der Waals surface area contributed by atoms with E-state index in [1.807, 2.05) is 6.92 Å². The molecule has 1 rings (SSSR count). The zero-order chi connectivity index (χ0) is 12.1. The lowest BCUT2D eigenvalue weighted by Crippen LogP contribution is -2.22. The zero-order valence-electron chi connectivity index (χ0n) is 9.24. The van der Waals surface area contributed by atoms with Crippen LogP contribution in [-0.2, 0) is 16.1 Å². The van der Waals surface area contributed by atoms with Crippen molar-refractivity contribution in [1.29, 1.82) is 0 Å². The molecule has 0 aliphatic rings. The summed E-state index contributed by atoms with van der Waals surface area (Å²) < 4.78 is 5.28. The van der Waals surface area contributed by atoms with Gasteiger partial charge in [-0.2, -0.15) is 0 Å². The Bertz CT molecular complexity index is 381. The molecular weight excluding hydrogens is 230 g/mol. The predicted molar refractivity (Wildman–Crippen MR) is 60.5 cm³/mol. The van der Waals surface area contributed by atoms with Crippen LogP contribution in [-0.4, -0.2) is 22.2 Å². The number of aryl methyl sites for hydroxylation is 1. The smallest absolute Gasteiger partial charge is 0.332 e. The topological polar surface area (TPSA) is 59.4 Å². The maximum Gasteiger partial charge on any atom is 0.332 e. The highest BCUT2D eigenvalue weighted by Gasteiger charge is 2.15. The maximum atomic E-state index is 10.7. The highest BCUT2D eigenvalue weighted by Crippen LogP contribution is 2.13. The van der Waals surface area contributed by atoms with E-state index in [0.29, 0.717) is 11.6 Å². The van der Waals surface area contributed by atoms with Gasteiger partial charge in [0, 0.05) is 5.69 Å². The van der Waals surface area contributed by atoms with Gasteiger partial charge in [-0.1, -0.05) is 24.6 Å². The van der Waals surface area contributed by atoms with Crippen molar-refractivity contribution in [2.75, 3.05) is 0 Å². The van der Waals surface area contributed by atoms with E-state index >= 15 is 0 Å². The van der Waals surface area contributed by atoms with E-state index in [4.69, 9.17) is 21.4 Å². The molecule has 1 heterocycles. The number of nitrogens with zero attached hydrogens (tertiary/aromatic N) is 1. The number of pyridine rings is 1. The van der Waals surface area contributed by atoms with Crippen LogP contribution in [0.5, 0.6) is 0 Å². The number of carboxylic acid groups (broad SMARTS) is 1. The number of aromatic nitrogens is 1. The van der Waals surface area contributed by atoms with Crippen LogP contribution < -0.4 is 0 Å². The van der Waals surface area contributed by atoms with Crippen LogP contribution in [0, 0.1) is 6.92 Å². The van der Waals surface area contributed by atoms with Crippen molar-refractivity contribution in [3.05, 3.63) is 28.5 Å². The lowest BCUT2D eigenvalue weighted by molar-refractivity contribution is -0.151. The largest absolute Gasteiger partial charge is 0.479 e. The number of hydrogen-bond acceptors (Lipinski definition) is 3. The van der Waals surface area contributed by atoms with Gasteiger partial charge in [-0.25, -0.2) is 9.78 Å². The molecule has 1 aromatic rings. The molecule has 0 saturated carbocycles. The molecule has 0 saturated heterocycles. The third-order valence-corrected chi connectivity index (χ3v) is 2.46. The van der Waals surface area contributed by atoms with Gasteiger partial charge in [0.05, 0.1) is 6.61 Å². The quantitative estimate of drug-likeness (QED) is 0.807. The number of ether oxygens (including phenoxy) is 1. The molecule has 1 N–H and O–H groups in total. The zero-order valence-corrected chi connectivity index (χ0v) is 9.99. The average molecular weight is 244 g/mol. The summed E-state index contributed by atoms with van der Waals surface area (Å²) in [4.78, 5) is 14.8. The van der Waals surface area contributed by atoms with Gasteiger partial charge in [-0.15, -0.1) is 0 Å². The van der Waals surface area contributed by atoms with Gasteiger partial charge < -0.3 is 9.84 Å². The van der Waals surface area contributed by atoms with Crippen molar-refractivity contribution >= 4 is 17.6 Å². The number of hydrogen-bond donors (Lipinski definition) is 1. The van der Waals surface area contributed by atoms with Crippen LogP contribution in [0.15, 0.2) is 12.1 Å². The minimum absolute atomic E-state index is 0.237. The van der Waals surface area contributed by atoms with Gasteiger partial charge in [0.1, 0.15) is 5.15 Å². The summed E-state index contributed by atoms with van der Waals surface area (Å²) in [7, 11) is 0. The van der Waals surface area contributed by atoms with Crippen molar-refractivity contribution in [1.82, 2.24) is 4.98 Å². The first-order chi connectivity index (χ1) is 7.54. The number of carboxylic acids is 1. The van der Waals surface area contributed by atoms with Crippen LogP contribution in [0.2, 0.25) is 5.15 Å².